The molecule has 1 aliphatic rings. The molecule has 0 spiro atoms. The number of rotatable bonds is 1. The standard InChI is InChI=1S/C10H14N2O2/c1-6-4-5-8(14-6)10(3)11-7(2)9(13)12-10/h4-5,7,11H,1-3H3,(H,12,13). The van der Waals surface area contributed by atoms with E-state index in [-0.39, 0.29) is 11.9 Å². The van der Waals surface area contributed by atoms with Crippen molar-refractivity contribution in [1.82, 2.24) is 10.6 Å². The Bertz CT molecular complexity index is 372. The van der Waals surface area contributed by atoms with Gasteiger partial charge >= 0.3 is 0 Å². The van der Waals surface area contributed by atoms with Crippen LogP contribution in [0.3, 0.4) is 0 Å². The van der Waals surface area contributed by atoms with Gasteiger partial charge in [-0.3, -0.25) is 10.1 Å². The van der Waals surface area contributed by atoms with Gasteiger partial charge in [0.25, 0.3) is 0 Å². The zero-order valence-corrected chi connectivity index (χ0v) is 8.55. The topological polar surface area (TPSA) is 54.3 Å². The van der Waals surface area contributed by atoms with Crippen molar-refractivity contribution in [2.45, 2.75) is 32.5 Å². The number of carbonyl (C=O) groups excluding carboxylic acids is 1. The number of hydrogen-bond donors (Lipinski definition) is 2. The molecular weight excluding hydrogens is 180 g/mol. The summed E-state index contributed by atoms with van der Waals surface area (Å²) in [6.07, 6.45) is 0. The molecule has 2 N–H and O–H groups in total. The maximum Gasteiger partial charge on any atom is 0.238 e. The monoisotopic (exact) mass is 194 g/mol. The number of aryl methyl sites for hydroxylation is 1. The highest BCUT2D eigenvalue weighted by Crippen LogP contribution is 2.24. The highest BCUT2D eigenvalue weighted by molar-refractivity contribution is 5.84. The van der Waals surface area contributed by atoms with Crippen LogP contribution in [0.1, 0.15) is 25.4 Å². The molecule has 1 fully saturated rings. The third-order valence-corrected chi connectivity index (χ3v) is 2.50. The third-order valence-electron chi connectivity index (χ3n) is 2.50. The van der Waals surface area contributed by atoms with E-state index in [4.69, 9.17) is 4.42 Å². The van der Waals surface area contributed by atoms with E-state index in [2.05, 4.69) is 10.6 Å². The Kier molecular flexibility index (Phi) is 1.89. The van der Waals surface area contributed by atoms with Gasteiger partial charge in [-0.05, 0) is 32.9 Å². The largest absolute Gasteiger partial charge is 0.462 e. The van der Waals surface area contributed by atoms with Crippen molar-refractivity contribution in [3.05, 3.63) is 23.7 Å². The first-order valence-corrected chi connectivity index (χ1v) is 4.68. The van der Waals surface area contributed by atoms with Crippen LogP contribution >= 0.6 is 0 Å². The summed E-state index contributed by atoms with van der Waals surface area (Å²) in [5.41, 5.74) is -0.565. The SMILES string of the molecule is Cc1ccc(C2(C)NC(=O)C(C)N2)o1. The quantitative estimate of drug-likeness (QED) is 0.697. The molecule has 0 aliphatic carbocycles. The number of amides is 1. The first-order chi connectivity index (χ1) is 6.51. The molecule has 4 nitrogen and oxygen atoms in total. The molecule has 1 amide bonds. The summed E-state index contributed by atoms with van der Waals surface area (Å²) in [4.78, 5) is 11.4. The zero-order chi connectivity index (χ0) is 10.3. The molecule has 0 radical (unpaired) electrons. The molecule has 1 aliphatic heterocycles. The van der Waals surface area contributed by atoms with Crippen LogP contribution in [0, 0.1) is 6.92 Å². The van der Waals surface area contributed by atoms with E-state index in [0.717, 1.165) is 11.5 Å². The minimum absolute atomic E-state index is 0.00144. The van der Waals surface area contributed by atoms with Crippen molar-refractivity contribution in [3.63, 3.8) is 0 Å². The number of nitrogens with one attached hydrogen (secondary N) is 2. The molecule has 1 saturated heterocycles. The summed E-state index contributed by atoms with van der Waals surface area (Å²) in [6.45, 7) is 5.61. The highest BCUT2D eigenvalue weighted by Gasteiger charge is 2.41. The molecule has 2 heterocycles. The summed E-state index contributed by atoms with van der Waals surface area (Å²) >= 11 is 0. The van der Waals surface area contributed by atoms with Gasteiger partial charge in [0.05, 0.1) is 6.04 Å². The summed E-state index contributed by atoms with van der Waals surface area (Å²) in [7, 11) is 0. The van der Waals surface area contributed by atoms with Crippen LogP contribution in [-0.2, 0) is 10.5 Å². The van der Waals surface area contributed by atoms with Crippen LogP contribution in [0.2, 0.25) is 0 Å². The van der Waals surface area contributed by atoms with Gasteiger partial charge in [0, 0.05) is 0 Å². The lowest BCUT2D eigenvalue weighted by molar-refractivity contribution is -0.120. The Balaban J connectivity index is 2.30. The van der Waals surface area contributed by atoms with Crippen LogP contribution in [0.25, 0.3) is 0 Å². The van der Waals surface area contributed by atoms with Crippen LogP contribution in [0.15, 0.2) is 16.5 Å². The molecule has 0 saturated carbocycles. The molecular formula is C10H14N2O2. The molecule has 1 aromatic heterocycles. The van der Waals surface area contributed by atoms with Crippen LogP contribution in [0.5, 0.6) is 0 Å². The summed E-state index contributed by atoms with van der Waals surface area (Å²) < 4.78 is 5.49. The van der Waals surface area contributed by atoms with Gasteiger partial charge < -0.3 is 9.73 Å². The summed E-state index contributed by atoms with van der Waals surface area (Å²) in [6, 6.07) is 3.59. The molecule has 14 heavy (non-hydrogen) atoms. The van der Waals surface area contributed by atoms with Crippen molar-refractivity contribution in [3.8, 4) is 0 Å². The van der Waals surface area contributed by atoms with Crippen molar-refractivity contribution >= 4 is 5.91 Å². The van der Waals surface area contributed by atoms with Gasteiger partial charge in [-0.2, -0.15) is 0 Å². The molecule has 1 aromatic rings. The molecule has 0 bridgehead atoms. The Labute approximate surface area is 82.7 Å². The predicted octanol–water partition coefficient (Wildman–Crippen LogP) is 0.869. The van der Waals surface area contributed by atoms with E-state index in [1.807, 2.05) is 32.9 Å². The molecule has 4 heteroatoms. The second kappa shape index (κ2) is 2.85. The fourth-order valence-electron chi connectivity index (χ4n) is 1.73. The van der Waals surface area contributed by atoms with Gasteiger partial charge in [0.1, 0.15) is 17.2 Å². The van der Waals surface area contributed by atoms with Crippen LogP contribution in [-0.4, -0.2) is 11.9 Å². The zero-order valence-electron chi connectivity index (χ0n) is 8.55. The number of carbonyl (C=O) groups is 1. The Hall–Kier alpha value is -1.29. The van der Waals surface area contributed by atoms with E-state index in [9.17, 15) is 4.79 Å². The lowest BCUT2D eigenvalue weighted by atomic mass is 10.1. The van der Waals surface area contributed by atoms with E-state index in [1.54, 1.807) is 0 Å². The minimum atomic E-state index is -0.565. The average Bonchev–Trinajstić information content (AvgIpc) is 2.60. The van der Waals surface area contributed by atoms with Gasteiger partial charge in [-0.15, -0.1) is 0 Å². The van der Waals surface area contributed by atoms with E-state index < -0.39 is 5.66 Å². The minimum Gasteiger partial charge on any atom is -0.462 e. The Morgan fingerprint density at radius 1 is 1.50 bits per heavy atom. The van der Waals surface area contributed by atoms with Crippen LogP contribution in [0.4, 0.5) is 0 Å². The first kappa shape index (κ1) is 9.27. The fourth-order valence-corrected chi connectivity index (χ4v) is 1.73. The smallest absolute Gasteiger partial charge is 0.238 e. The van der Waals surface area contributed by atoms with Gasteiger partial charge in [0.15, 0.2) is 0 Å². The maximum absolute atomic E-state index is 11.4. The molecule has 2 atom stereocenters. The summed E-state index contributed by atoms with van der Waals surface area (Å²) in [5.74, 6) is 1.59. The average molecular weight is 194 g/mol. The van der Waals surface area contributed by atoms with Gasteiger partial charge in [0.2, 0.25) is 5.91 Å². The highest BCUT2D eigenvalue weighted by atomic mass is 16.3. The lowest BCUT2D eigenvalue weighted by Gasteiger charge is -2.21. The van der Waals surface area contributed by atoms with E-state index >= 15 is 0 Å². The first-order valence-electron chi connectivity index (χ1n) is 4.68. The number of furan rings is 1. The molecule has 0 aromatic carbocycles. The van der Waals surface area contributed by atoms with E-state index in [1.165, 1.54) is 0 Å². The van der Waals surface area contributed by atoms with Crippen molar-refractivity contribution in [2.75, 3.05) is 0 Å². The van der Waals surface area contributed by atoms with Gasteiger partial charge in [-0.25, -0.2) is 0 Å². The van der Waals surface area contributed by atoms with Crippen molar-refractivity contribution in [2.24, 2.45) is 0 Å². The molecule has 2 unspecified atom stereocenters. The number of hydrogen-bond acceptors (Lipinski definition) is 3. The predicted molar refractivity (Wildman–Crippen MR) is 51.5 cm³/mol. The third kappa shape index (κ3) is 1.32. The summed E-state index contributed by atoms with van der Waals surface area (Å²) in [5, 5.41) is 6.02. The van der Waals surface area contributed by atoms with Gasteiger partial charge in [-0.1, -0.05) is 0 Å². The molecule has 2 rings (SSSR count). The fraction of sp³-hybridized carbons (Fsp3) is 0.500. The normalized spacial score (nSPS) is 31.9. The van der Waals surface area contributed by atoms with E-state index in [0.29, 0.717) is 0 Å². The Morgan fingerprint density at radius 3 is 2.64 bits per heavy atom. The second-order valence-corrected chi connectivity index (χ2v) is 3.89. The molecule has 76 valence electrons. The lowest BCUT2D eigenvalue weighted by Crippen LogP contribution is -2.43. The maximum atomic E-state index is 11.4. The van der Waals surface area contributed by atoms with Crippen molar-refractivity contribution in [1.29, 1.82) is 0 Å². The van der Waals surface area contributed by atoms with Crippen molar-refractivity contribution < 1.29 is 9.21 Å². The Morgan fingerprint density at radius 2 is 2.21 bits per heavy atom. The second-order valence-electron chi connectivity index (χ2n) is 3.89. The van der Waals surface area contributed by atoms with Crippen LogP contribution < -0.4 is 10.6 Å².